The maximum Gasteiger partial charge on any atom is 0.224 e. The summed E-state index contributed by atoms with van der Waals surface area (Å²) in [5, 5.41) is 11.2. The van der Waals surface area contributed by atoms with Gasteiger partial charge in [-0.05, 0) is 31.9 Å². The first-order valence-electron chi connectivity index (χ1n) is 6.27. The van der Waals surface area contributed by atoms with E-state index in [0.29, 0.717) is 17.9 Å². The molecule has 0 heterocycles. The number of carbonyl (C=O) groups excluding carboxylic acids is 1. The van der Waals surface area contributed by atoms with Crippen molar-refractivity contribution in [3.8, 4) is 11.8 Å². The third-order valence-electron chi connectivity index (χ3n) is 2.48. The minimum atomic E-state index is -0.0434. The van der Waals surface area contributed by atoms with Crippen molar-refractivity contribution in [3.63, 3.8) is 0 Å². The van der Waals surface area contributed by atoms with Gasteiger partial charge in [-0.1, -0.05) is 6.07 Å². The molecule has 5 nitrogen and oxygen atoms in total. The monoisotopic (exact) mass is 261 g/mol. The molecule has 0 saturated heterocycles. The van der Waals surface area contributed by atoms with Crippen LogP contribution >= 0.6 is 0 Å². The molecule has 0 spiro atoms. The van der Waals surface area contributed by atoms with Crippen LogP contribution in [-0.2, 0) is 4.79 Å². The summed E-state index contributed by atoms with van der Waals surface area (Å²) in [5.74, 6) is 0.521. The van der Waals surface area contributed by atoms with E-state index in [1.807, 2.05) is 13.0 Å². The van der Waals surface area contributed by atoms with Crippen LogP contribution in [0.15, 0.2) is 24.3 Å². The van der Waals surface area contributed by atoms with Gasteiger partial charge < -0.3 is 15.8 Å². The van der Waals surface area contributed by atoms with Gasteiger partial charge >= 0.3 is 0 Å². The lowest BCUT2D eigenvalue weighted by Gasteiger charge is -2.08. The third-order valence-corrected chi connectivity index (χ3v) is 2.48. The molecule has 1 aromatic rings. The number of ether oxygens (including phenoxy) is 1. The predicted octanol–water partition coefficient (Wildman–Crippen LogP) is 2.04. The van der Waals surface area contributed by atoms with Gasteiger partial charge in [-0.3, -0.25) is 4.79 Å². The molecule has 0 bridgehead atoms. The fraction of sp³-hybridized carbons (Fsp3) is 0.429. The topological polar surface area (TPSA) is 88.1 Å². The van der Waals surface area contributed by atoms with E-state index in [-0.39, 0.29) is 18.6 Å². The Morgan fingerprint density at radius 3 is 3.05 bits per heavy atom. The van der Waals surface area contributed by atoms with E-state index in [0.717, 1.165) is 12.8 Å². The summed E-state index contributed by atoms with van der Waals surface area (Å²) >= 11 is 0. The Morgan fingerprint density at radius 2 is 2.37 bits per heavy atom. The highest BCUT2D eigenvalue weighted by atomic mass is 16.5. The number of benzene rings is 1. The van der Waals surface area contributed by atoms with Crippen molar-refractivity contribution in [3.05, 3.63) is 24.3 Å². The number of hydrogen-bond donors (Lipinski definition) is 2. The molecule has 0 saturated carbocycles. The fourth-order valence-corrected chi connectivity index (χ4v) is 1.59. The van der Waals surface area contributed by atoms with E-state index < -0.39 is 0 Å². The van der Waals surface area contributed by atoms with Gasteiger partial charge in [-0.2, -0.15) is 5.26 Å². The number of hydrogen-bond acceptors (Lipinski definition) is 4. The van der Waals surface area contributed by atoms with Gasteiger partial charge in [0.05, 0.1) is 0 Å². The van der Waals surface area contributed by atoms with Crippen LogP contribution in [0.2, 0.25) is 0 Å². The lowest BCUT2D eigenvalue weighted by atomic mass is 10.1. The van der Waals surface area contributed by atoms with Gasteiger partial charge in [-0.15, -0.1) is 0 Å². The molecule has 0 aromatic heterocycles. The molecule has 0 radical (unpaired) electrons. The van der Waals surface area contributed by atoms with E-state index in [1.54, 1.807) is 24.3 Å². The lowest BCUT2D eigenvalue weighted by molar-refractivity contribution is -0.116. The third kappa shape index (κ3) is 6.43. The highest BCUT2D eigenvalue weighted by molar-refractivity contribution is 5.90. The number of carbonyl (C=O) groups is 1. The van der Waals surface area contributed by atoms with Crippen LogP contribution in [0.1, 0.15) is 26.2 Å². The number of rotatable bonds is 7. The molecular formula is C14H19N3O2. The molecule has 102 valence electrons. The summed E-state index contributed by atoms with van der Waals surface area (Å²) in [4.78, 5) is 11.7. The number of nitrogens with one attached hydrogen (secondary N) is 1. The molecule has 5 heteroatoms. The molecule has 1 amide bonds. The van der Waals surface area contributed by atoms with E-state index in [1.165, 1.54) is 0 Å². The molecule has 3 N–H and O–H groups in total. The van der Waals surface area contributed by atoms with Crippen LogP contribution in [0.5, 0.6) is 5.75 Å². The van der Waals surface area contributed by atoms with Gasteiger partial charge in [0, 0.05) is 24.2 Å². The standard InChI is InChI=1S/C14H19N3O2/c1-11(16)4-2-7-14(18)17-12-5-3-6-13(10-12)19-9-8-15/h3,5-6,10-11H,2,4,7,9,16H2,1H3,(H,17,18). The summed E-state index contributed by atoms with van der Waals surface area (Å²) in [6, 6.07) is 9.00. The summed E-state index contributed by atoms with van der Waals surface area (Å²) in [6.07, 6.45) is 2.05. The summed E-state index contributed by atoms with van der Waals surface area (Å²) in [6.45, 7) is 1.92. The first-order valence-corrected chi connectivity index (χ1v) is 6.27. The zero-order valence-corrected chi connectivity index (χ0v) is 11.1. The zero-order valence-electron chi connectivity index (χ0n) is 11.1. The van der Waals surface area contributed by atoms with Crippen LogP contribution in [0, 0.1) is 11.3 Å². The fourth-order valence-electron chi connectivity index (χ4n) is 1.59. The minimum Gasteiger partial charge on any atom is -0.479 e. The largest absolute Gasteiger partial charge is 0.479 e. The van der Waals surface area contributed by atoms with Crippen molar-refractivity contribution in [1.82, 2.24) is 0 Å². The molecular weight excluding hydrogens is 242 g/mol. The second-order valence-electron chi connectivity index (χ2n) is 4.39. The second-order valence-corrected chi connectivity index (χ2v) is 4.39. The van der Waals surface area contributed by atoms with E-state index >= 15 is 0 Å². The SMILES string of the molecule is CC(N)CCCC(=O)Nc1cccc(OCC#N)c1. The second kappa shape index (κ2) is 8.11. The smallest absolute Gasteiger partial charge is 0.224 e. The van der Waals surface area contributed by atoms with Crippen LogP contribution in [0.3, 0.4) is 0 Å². The van der Waals surface area contributed by atoms with E-state index in [4.69, 9.17) is 15.7 Å². The Kier molecular flexibility index (Phi) is 6.41. The predicted molar refractivity (Wildman–Crippen MR) is 73.7 cm³/mol. The number of anilines is 1. The number of amides is 1. The van der Waals surface area contributed by atoms with Gasteiger partial charge in [0.2, 0.25) is 5.91 Å². The van der Waals surface area contributed by atoms with Gasteiger partial charge in [0.15, 0.2) is 6.61 Å². The molecule has 0 aliphatic rings. The molecule has 0 aliphatic carbocycles. The Bertz CT molecular complexity index is 452. The number of nitrogens with two attached hydrogens (primary N) is 1. The molecule has 1 rings (SSSR count). The van der Waals surface area contributed by atoms with Crippen LogP contribution in [0.25, 0.3) is 0 Å². The minimum absolute atomic E-state index is 0.00815. The van der Waals surface area contributed by atoms with Crippen LogP contribution in [-0.4, -0.2) is 18.6 Å². The number of nitriles is 1. The van der Waals surface area contributed by atoms with Crippen molar-refractivity contribution >= 4 is 11.6 Å². The maximum absolute atomic E-state index is 11.7. The molecule has 19 heavy (non-hydrogen) atoms. The highest BCUT2D eigenvalue weighted by Gasteiger charge is 2.04. The first-order chi connectivity index (χ1) is 9.11. The van der Waals surface area contributed by atoms with E-state index in [2.05, 4.69) is 5.32 Å². The van der Waals surface area contributed by atoms with Gasteiger partial charge in [0.1, 0.15) is 11.8 Å². The number of nitrogens with zero attached hydrogens (tertiary/aromatic N) is 1. The molecule has 0 fully saturated rings. The molecule has 1 atom stereocenters. The Morgan fingerprint density at radius 1 is 1.58 bits per heavy atom. The summed E-state index contributed by atoms with van der Waals surface area (Å²) in [7, 11) is 0. The average Bonchev–Trinajstić information content (AvgIpc) is 2.36. The van der Waals surface area contributed by atoms with Crippen molar-refractivity contribution in [2.45, 2.75) is 32.2 Å². The molecule has 1 aromatic carbocycles. The molecule has 1 unspecified atom stereocenters. The normalized spacial score (nSPS) is 11.4. The van der Waals surface area contributed by atoms with Crippen LogP contribution < -0.4 is 15.8 Å². The highest BCUT2D eigenvalue weighted by Crippen LogP contribution is 2.17. The van der Waals surface area contributed by atoms with Gasteiger partial charge in [0.25, 0.3) is 0 Å². The quantitative estimate of drug-likeness (QED) is 0.786. The average molecular weight is 261 g/mol. The Labute approximate surface area is 113 Å². The Balaban J connectivity index is 2.43. The van der Waals surface area contributed by atoms with Crippen LogP contribution in [0.4, 0.5) is 5.69 Å². The molecule has 0 aliphatic heterocycles. The van der Waals surface area contributed by atoms with Crippen molar-refractivity contribution in [2.75, 3.05) is 11.9 Å². The first kappa shape index (κ1) is 15.0. The summed E-state index contributed by atoms with van der Waals surface area (Å²) in [5.41, 5.74) is 6.29. The van der Waals surface area contributed by atoms with Crippen molar-refractivity contribution in [2.24, 2.45) is 5.73 Å². The van der Waals surface area contributed by atoms with Gasteiger partial charge in [-0.25, -0.2) is 0 Å². The van der Waals surface area contributed by atoms with Crippen molar-refractivity contribution < 1.29 is 9.53 Å². The summed E-state index contributed by atoms with van der Waals surface area (Å²) < 4.78 is 5.16. The Hall–Kier alpha value is -2.06. The maximum atomic E-state index is 11.7. The van der Waals surface area contributed by atoms with Crippen molar-refractivity contribution in [1.29, 1.82) is 5.26 Å². The van der Waals surface area contributed by atoms with E-state index in [9.17, 15) is 4.79 Å². The zero-order chi connectivity index (χ0) is 14.1. The lowest BCUT2D eigenvalue weighted by Crippen LogP contribution is -2.16.